The van der Waals surface area contributed by atoms with E-state index in [1.807, 2.05) is 12.1 Å². The van der Waals surface area contributed by atoms with Gasteiger partial charge < -0.3 is 23.9 Å². The Hall–Kier alpha value is -4.58. The standard InChI is InChI=1S/C42H45N3O2/c1-7-43(8-2)31-25-23-30(24-26-31)42(36-20-14-11-17-32(36)41(46)47-42)27-35(39-28(5)44(9-3)37-21-15-12-18-33(37)39)40-29(6)45(10-4)38-22-16-13-19-34(38)40/h11-27,41,46H,7-10H2,1-6H3. The summed E-state index contributed by atoms with van der Waals surface area (Å²) in [7, 11) is 0. The van der Waals surface area contributed by atoms with Crippen molar-refractivity contribution in [1.29, 1.82) is 0 Å². The molecule has 4 aromatic carbocycles. The van der Waals surface area contributed by atoms with Gasteiger partial charge in [-0.3, -0.25) is 0 Å². The summed E-state index contributed by atoms with van der Waals surface area (Å²) in [5.74, 6) is 0. The van der Waals surface area contributed by atoms with Crippen LogP contribution in [0.4, 0.5) is 5.69 Å². The summed E-state index contributed by atoms with van der Waals surface area (Å²) in [6.45, 7) is 16.9. The van der Waals surface area contributed by atoms with Crippen molar-refractivity contribution in [1.82, 2.24) is 9.13 Å². The first-order chi connectivity index (χ1) is 22.9. The highest BCUT2D eigenvalue weighted by molar-refractivity contribution is 6.06. The van der Waals surface area contributed by atoms with Crippen molar-refractivity contribution in [2.24, 2.45) is 0 Å². The number of nitrogens with zero attached hydrogens (tertiary/aromatic N) is 3. The number of benzene rings is 4. The summed E-state index contributed by atoms with van der Waals surface area (Å²) >= 11 is 0. The van der Waals surface area contributed by atoms with Crippen molar-refractivity contribution in [2.45, 2.75) is 66.5 Å². The van der Waals surface area contributed by atoms with Crippen LogP contribution in [0.5, 0.6) is 0 Å². The average molecular weight is 624 g/mol. The maximum atomic E-state index is 11.5. The van der Waals surface area contributed by atoms with Crippen LogP contribution in [0.15, 0.2) is 103 Å². The molecule has 5 nitrogen and oxygen atoms in total. The smallest absolute Gasteiger partial charge is 0.183 e. The fourth-order valence-corrected chi connectivity index (χ4v) is 8.11. The lowest BCUT2D eigenvalue weighted by Crippen LogP contribution is -2.26. The molecule has 7 rings (SSSR count). The van der Waals surface area contributed by atoms with Crippen molar-refractivity contribution < 1.29 is 9.84 Å². The average Bonchev–Trinajstić information content (AvgIpc) is 3.67. The molecule has 1 N–H and O–H groups in total. The van der Waals surface area contributed by atoms with Gasteiger partial charge in [0.15, 0.2) is 6.29 Å². The van der Waals surface area contributed by atoms with E-state index in [0.29, 0.717) is 0 Å². The first kappa shape index (κ1) is 31.0. The second-order valence-electron chi connectivity index (χ2n) is 12.5. The van der Waals surface area contributed by atoms with Gasteiger partial charge >= 0.3 is 0 Å². The van der Waals surface area contributed by atoms with E-state index in [9.17, 15) is 5.11 Å². The Morgan fingerprint density at radius 2 is 1.23 bits per heavy atom. The number of aliphatic hydroxyl groups excluding tert-OH is 1. The van der Waals surface area contributed by atoms with Crippen LogP contribution in [0, 0.1) is 13.8 Å². The van der Waals surface area contributed by atoms with Gasteiger partial charge in [-0.1, -0.05) is 72.8 Å². The zero-order chi connectivity index (χ0) is 32.9. The number of hydrogen-bond acceptors (Lipinski definition) is 3. The predicted octanol–water partition coefficient (Wildman–Crippen LogP) is 9.50. The molecule has 0 spiro atoms. The van der Waals surface area contributed by atoms with Crippen LogP contribution in [0.25, 0.3) is 27.4 Å². The Labute approximate surface area is 278 Å². The third kappa shape index (κ3) is 4.75. The zero-order valence-electron chi connectivity index (χ0n) is 28.4. The van der Waals surface area contributed by atoms with Gasteiger partial charge in [-0.05, 0) is 83.0 Å². The molecule has 0 saturated heterocycles. The summed E-state index contributed by atoms with van der Waals surface area (Å²) in [6, 6.07) is 34.3. The fraction of sp³-hybridized carbons (Fsp3) is 0.286. The van der Waals surface area contributed by atoms with E-state index >= 15 is 0 Å². The largest absolute Gasteiger partial charge is 0.372 e. The second-order valence-corrected chi connectivity index (χ2v) is 12.5. The molecular formula is C42H45N3O2. The molecule has 0 aliphatic carbocycles. The van der Waals surface area contributed by atoms with E-state index in [4.69, 9.17) is 4.74 Å². The Bertz CT molecular complexity index is 2020. The van der Waals surface area contributed by atoms with E-state index in [1.54, 1.807) is 0 Å². The maximum Gasteiger partial charge on any atom is 0.183 e. The summed E-state index contributed by atoms with van der Waals surface area (Å²) in [4.78, 5) is 2.35. The van der Waals surface area contributed by atoms with Gasteiger partial charge in [0.05, 0.1) is 0 Å². The summed E-state index contributed by atoms with van der Waals surface area (Å²) in [6.07, 6.45) is 1.26. The van der Waals surface area contributed by atoms with E-state index in [-0.39, 0.29) is 0 Å². The highest BCUT2D eigenvalue weighted by Crippen LogP contribution is 2.51. The van der Waals surface area contributed by atoms with Crippen LogP contribution in [-0.2, 0) is 23.4 Å². The number of hydrogen-bond donors (Lipinski definition) is 1. The Balaban J connectivity index is 1.62. The predicted molar refractivity (Wildman–Crippen MR) is 195 cm³/mol. The van der Waals surface area contributed by atoms with Crippen molar-refractivity contribution in [3.05, 3.63) is 142 Å². The molecule has 1 aliphatic rings. The van der Waals surface area contributed by atoms with Crippen LogP contribution in [0.3, 0.4) is 0 Å². The molecular weight excluding hydrogens is 578 g/mol. The molecule has 5 heteroatoms. The minimum Gasteiger partial charge on any atom is -0.372 e. The number of rotatable bonds is 9. The number of aromatic nitrogens is 2. The molecule has 240 valence electrons. The Morgan fingerprint density at radius 3 is 1.77 bits per heavy atom. The molecule has 0 radical (unpaired) electrons. The summed E-state index contributed by atoms with van der Waals surface area (Å²) in [5, 5.41) is 13.9. The van der Waals surface area contributed by atoms with Gasteiger partial charge in [-0.15, -0.1) is 0 Å². The van der Waals surface area contributed by atoms with Crippen molar-refractivity contribution in [3.8, 4) is 0 Å². The van der Waals surface area contributed by atoms with Gasteiger partial charge in [-0.25, -0.2) is 0 Å². The normalized spacial score (nSPS) is 17.4. The van der Waals surface area contributed by atoms with E-state index < -0.39 is 11.9 Å². The Morgan fingerprint density at radius 1 is 0.723 bits per heavy atom. The first-order valence-electron chi connectivity index (χ1n) is 17.1. The summed E-state index contributed by atoms with van der Waals surface area (Å²) in [5.41, 5.74) is 11.3. The van der Waals surface area contributed by atoms with Gasteiger partial charge in [0.2, 0.25) is 0 Å². The number of anilines is 1. The molecule has 0 bridgehead atoms. The lowest BCUT2D eigenvalue weighted by atomic mass is 9.81. The number of para-hydroxylation sites is 2. The van der Waals surface area contributed by atoms with Gasteiger partial charge in [0.1, 0.15) is 5.60 Å². The van der Waals surface area contributed by atoms with Gasteiger partial charge in [-0.2, -0.15) is 0 Å². The SMILES string of the molecule is CCN(CC)c1ccc(C2(C=C(c3c(C)n(CC)c4ccccc34)c3c(C)n(CC)c4ccccc34)OC(O)c3ccccc32)cc1. The highest BCUT2D eigenvalue weighted by atomic mass is 16.6. The molecule has 6 aromatic rings. The lowest BCUT2D eigenvalue weighted by Gasteiger charge is -2.30. The minimum absolute atomic E-state index is 0.802. The number of aliphatic hydroxyl groups is 1. The highest BCUT2D eigenvalue weighted by Gasteiger charge is 2.45. The number of ether oxygens (including phenoxy) is 1. The molecule has 3 heterocycles. The monoisotopic (exact) mass is 623 g/mol. The van der Waals surface area contributed by atoms with Crippen LogP contribution < -0.4 is 4.90 Å². The van der Waals surface area contributed by atoms with E-state index in [1.165, 1.54) is 50.0 Å². The van der Waals surface area contributed by atoms with Crippen LogP contribution in [0.2, 0.25) is 0 Å². The minimum atomic E-state index is -1.05. The van der Waals surface area contributed by atoms with Crippen LogP contribution in [-0.4, -0.2) is 27.3 Å². The molecule has 2 aromatic heterocycles. The molecule has 1 aliphatic heterocycles. The summed E-state index contributed by atoms with van der Waals surface area (Å²) < 4.78 is 11.7. The van der Waals surface area contributed by atoms with Crippen LogP contribution in [0.1, 0.15) is 73.2 Å². The first-order valence-corrected chi connectivity index (χ1v) is 17.1. The van der Waals surface area contributed by atoms with Gasteiger partial charge in [0, 0.05) is 87.3 Å². The molecule has 0 amide bonds. The third-order valence-electron chi connectivity index (χ3n) is 10.3. The molecule has 0 fully saturated rings. The molecule has 0 saturated carbocycles. The fourth-order valence-electron chi connectivity index (χ4n) is 8.11. The Kier molecular flexibility index (Phi) is 8.07. The van der Waals surface area contributed by atoms with Crippen molar-refractivity contribution in [2.75, 3.05) is 18.0 Å². The molecule has 2 atom stereocenters. The zero-order valence-corrected chi connectivity index (χ0v) is 28.4. The van der Waals surface area contributed by atoms with E-state index in [2.05, 4.69) is 147 Å². The number of fused-ring (bicyclic) bond motifs is 3. The molecule has 2 unspecified atom stereocenters. The number of aryl methyl sites for hydroxylation is 2. The molecule has 47 heavy (non-hydrogen) atoms. The topological polar surface area (TPSA) is 42.6 Å². The van der Waals surface area contributed by atoms with Crippen molar-refractivity contribution in [3.63, 3.8) is 0 Å². The van der Waals surface area contributed by atoms with Gasteiger partial charge in [0.25, 0.3) is 0 Å². The van der Waals surface area contributed by atoms with Crippen molar-refractivity contribution >= 4 is 33.1 Å². The van der Waals surface area contributed by atoms with E-state index in [0.717, 1.165) is 48.4 Å². The van der Waals surface area contributed by atoms with Crippen LogP contribution >= 0.6 is 0 Å². The quantitative estimate of drug-likeness (QED) is 0.174. The lowest BCUT2D eigenvalue weighted by molar-refractivity contribution is -0.137. The second kappa shape index (κ2) is 12.2. The third-order valence-corrected chi connectivity index (χ3v) is 10.3. The maximum absolute atomic E-state index is 11.5.